The molecule has 0 atom stereocenters. The Hall–Kier alpha value is -2.96. The van der Waals surface area contributed by atoms with Gasteiger partial charge in [0.2, 0.25) is 0 Å². The van der Waals surface area contributed by atoms with Crippen molar-refractivity contribution < 1.29 is 23.8 Å². The van der Waals surface area contributed by atoms with Crippen LogP contribution in [0.3, 0.4) is 0 Å². The molecule has 3 aromatic rings. The lowest BCUT2D eigenvalue weighted by Gasteiger charge is -2.13. The van der Waals surface area contributed by atoms with Crippen LogP contribution in [0.25, 0.3) is 11.3 Å². The Kier molecular flexibility index (Phi) is 6.46. The number of hydrogen-bond donors (Lipinski definition) is 2. The minimum absolute atomic E-state index is 0.180. The van der Waals surface area contributed by atoms with Crippen LogP contribution in [-0.4, -0.2) is 24.7 Å². The second-order valence-corrected chi connectivity index (χ2v) is 6.98. The zero-order chi connectivity index (χ0) is 21.0. The smallest absolute Gasteiger partial charge is 0.262 e. The molecule has 0 saturated heterocycles. The van der Waals surface area contributed by atoms with Crippen molar-refractivity contribution in [3.8, 4) is 22.8 Å². The average molecular weight is 416 g/mol. The second-order valence-electron chi connectivity index (χ2n) is 6.57. The molecule has 6 nitrogen and oxygen atoms in total. The maximum atomic E-state index is 12.4. The number of aryl methyl sites for hydroxylation is 2. The van der Waals surface area contributed by atoms with E-state index in [1.807, 2.05) is 19.9 Å². The summed E-state index contributed by atoms with van der Waals surface area (Å²) in [6, 6.07) is 12.3. The Balaban J connectivity index is 1.73. The van der Waals surface area contributed by atoms with Crippen LogP contribution in [0.5, 0.6) is 11.5 Å². The standard InChI is InChI=1S/C22H22ClNO5/c1-13-8-14(2)22(18(23)9-13)28-12-21(26)24-15-4-6-19(27-3)17(10-15)20-7-5-16(11-25)29-20/h4-10,25H,11-12H2,1-3H3,(H,24,26). The molecule has 29 heavy (non-hydrogen) atoms. The number of methoxy groups -OCH3 is 1. The third kappa shape index (κ3) is 4.91. The van der Waals surface area contributed by atoms with E-state index < -0.39 is 0 Å². The Morgan fingerprint density at radius 3 is 2.62 bits per heavy atom. The Bertz CT molecular complexity index is 1000. The van der Waals surface area contributed by atoms with E-state index in [1.165, 1.54) is 0 Å². The van der Waals surface area contributed by atoms with E-state index in [9.17, 15) is 9.90 Å². The summed E-state index contributed by atoms with van der Waals surface area (Å²) in [6.07, 6.45) is 0. The van der Waals surface area contributed by atoms with E-state index in [4.69, 9.17) is 25.5 Å². The molecule has 0 bridgehead atoms. The molecule has 0 aliphatic carbocycles. The molecule has 1 amide bonds. The number of hydrogen-bond acceptors (Lipinski definition) is 5. The van der Waals surface area contributed by atoms with Crippen LogP contribution in [0.15, 0.2) is 46.9 Å². The highest BCUT2D eigenvalue weighted by Gasteiger charge is 2.14. The molecular formula is C22H22ClNO5. The number of amides is 1. The number of furan rings is 1. The van der Waals surface area contributed by atoms with Gasteiger partial charge in [0.05, 0.1) is 17.7 Å². The van der Waals surface area contributed by atoms with Crippen LogP contribution in [0.4, 0.5) is 5.69 Å². The summed E-state index contributed by atoms with van der Waals surface area (Å²) >= 11 is 6.22. The molecule has 0 spiro atoms. The normalized spacial score (nSPS) is 10.7. The summed E-state index contributed by atoms with van der Waals surface area (Å²) in [4.78, 5) is 12.4. The summed E-state index contributed by atoms with van der Waals surface area (Å²) in [5.41, 5.74) is 3.11. The summed E-state index contributed by atoms with van der Waals surface area (Å²) in [5, 5.41) is 12.5. The van der Waals surface area contributed by atoms with Crippen molar-refractivity contribution in [3.63, 3.8) is 0 Å². The number of rotatable bonds is 7. The maximum absolute atomic E-state index is 12.4. The number of benzene rings is 2. The van der Waals surface area contributed by atoms with E-state index in [1.54, 1.807) is 43.5 Å². The Morgan fingerprint density at radius 2 is 1.97 bits per heavy atom. The quantitative estimate of drug-likeness (QED) is 0.582. The third-order valence-electron chi connectivity index (χ3n) is 4.29. The Morgan fingerprint density at radius 1 is 1.17 bits per heavy atom. The summed E-state index contributed by atoms with van der Waals surface area (Å²) in [6.45, 7) is 3.45. The average Bonchev–Trinajstić information content (AvgIpc) is 3.16. The van der Waals surface area contributed by atoms with Crippen molar-refractivity contribution >= 4 is 23.2 Å². The van der Waals surface area contributed by atoms with Gasteiger partial charge in [-0.25, -0.2) is 0 Å². The Labute approximate surface area is 174 Å². The maximum Gasteiger partial charge on any atom is 0.262 e. The third-order valence-corrected chi connectivity index (χ3v) is 4.57. The van der Waals surface area contributed by atoms with Crippen molar-refractivity contribution in [2.75, 3.05) is 19.0 Å². The second kappa shape index (κ2) is 9.03. The van der Waals surface area contributed by atoms with Gasteiger partial charge in [0.25, 0.3) is 5.91 Å². The summed E-state index contributed by atoms with van der Waals surface area (Å²) < 4.78 is 16.6. The fraction of sp³-hybridized carbons (Fsp3) is 0.227. The molecule has 1 heterocycles. The number of aliphatic hydroxyl groups is 1. The van der Waals surface area contributed by atoms with Crippen molar-refractivity contribution in [2.45, 2.75) is 20.5 Å². The lowest BCUT2D eigenvalue weighted by Crippen LogP contribution is -2.20. The lowest BCUT2D eigenvalue weighted by atomic mass is 10.1. The zero-order valence-corrected chi connectivity index (χ0v) is 17.2. The van der Waals surface area contributed by atoms with Crippen LogP contribution in [0.1, 0.15) is 16.9 Å². The van der Waals surface area contributed by atoms with Crippen LogP contribution in [0, 0.1) is 13.8 Å². The molecule has 152 valence electrons. The number of carbonyl (C=O) groups is 1. The molecule has 0 aliphatic heterocycles. The monoisotopic (exact) mass is 415 g/mol. The lowest BCUT2D eigenvalue weighted by molar-refractivity contribution is -0.118. The highest BCUT2D eigenvalue weighted by molar-refractivity contribution is 6.32. The highest BCUT2D eigenvalue weighted by Crippen LogP contribution is 2.34. The van der Waals surface area contributed by atoms with Crippen LogP contribution in [-0.2, 0) is 11.4 Å². The van der Waals surface area contributed by atoms with Crippen LogP contribution >= 0.6 is 11.6 Å². The number of nitrogens with one attached hydrogen (secondary N) is 1. The molecular weight excluding hydrogens is 394 g/mol. The van der Waals surface area contributed by atoms with Gasteiger partial charge in [-0.1, -0.05) is 17.7 Å². The first kappa shape index (κ1) is 20.8. The van der Waals surface area contributed by atoms with Gasteiger partial charge in [-0.2, -0.15) is 0 Å². The molecule has 3 rings (SSSR count). The van der Waals surface area contributed by atoms with Gasteiger partial charge >= 0.3 is 0 Å². The predicted molar refractivity (Wildman–Crippen MR) is 112 cm³/mol. The molecule has 2 aromatic carbocycles. The van der Waals surface area contributed by atoms with Gasteiger partial charge in [-0.05, 0) is 61.4 Å². The van der Waals surface area contributed by atoms with Gasteiger partial charge in [0.1, 0.15) is 29.6 Å². The van der Waals surface area contributed by atoms with Crippen LogP contribution in [0.2, 0.25) is 5.02 Å². The number of carbonyl (C=O) groups excluding carboxylic acids is 1. The van der Waals surface area contributed by atoms with Crippen molar-refractivity contribution in [1.29, 1.82) is 0 Å². The molecule has 0 fully saturated rings. The van der Waals surface area contributed by atoms with Gasteiger partial charge < -0.3 is 24.3 Å². The number of ether oxygens (including phenoxy) is 2. The first-order valence-corrected chi connectivity index (χ1v) is 9.36. The summed E-state index contributed by atoms with van der Waals surface area (Å²) in [5.74, 6) is 1.72. The van der Waals surface area contributed by atoms with Gasteiger partial charge in [-0.3, -0.25) is 4.79 Å². The molecule has 0 saturated carbocycles. The van der Waals surface area contributed by atoms with Crippen molar-refractivity contribution in [1.82, 2.24) is 0 Å². The SMILES string of the molecule is COc1ccc(NC(=O)COc2c(C)cc(C)cc2Cl)cc1-c1ccc(CO)o1. The van der Waals surface area contributed by atoms with E-state index in [2.05, 4.69) is 5.32 Å². The number of halogens is 1. The fourth-order valence-corrected chi connectivity index (χ4v) is 3.38. The molecule has 2 N–H and O–H groups in total. The molecule has 0 unspecified atom stereocenters. The van der Waals surface area contributed by atoms with E-state index in [0.717, 1.165) is 11.1 Å². The van der Waals surface area contributed by atoms with Gasteiger partial charge in [-0.15, -0.1) is 0 Å². The van der Waals surface area contributed by atoms with Crippen molar-refractivity contribution in [3.05, 3.63) is 64.4 Å². The van der Waals surface area contributed by atoms with E-state index >= 15 is 0 Å². The number of anilines is 1. The minimum Gasteiger partial charge on any atom is -0.496 e. The summed E-state index contributed by atoms with van der Waals surface area (Å²) in [7, 11) is 1.55. The first-order valence-electron chi connectivity index (χ1n) is 8.98. The largest absolute Gasteiger partial charge is 0.496 e. The highest BCUT2D eigenvalue weighted by atomic mass is 35.5. The predicted octanol–water partition coefficient (Wildman–Crippen LogP) is 4.74. The zero-order valence-electron chi connectivity index (χ0n) is 16.4. The van der Waals surface area contributed by atoms with E-state index in [-0.39, 0.29) is 19.1 Å². The minimum atomic E-state index is -0.326. The number of aliphatic hydroxyl groups excluding tert-OH is 1. The van der Waals surface area contributed by atoms with Crippen molar-refractivity contribution in [2.24, 2.45) is 0 Å². The molecule has 1 aromatic heterocycles. The topological polar surface area (TPSA) is 80.9 Å². The van der Waals surface area contributed by atoms with E-state index in [0.29, 0.717) is 39.3 Å². The first-order chi connectivity index (χ1) is 13.9. The fourth-order valence-electron chi connectivity index (χ4n) is 3.01. The molecule has 7 heteroatoms. The van der Waals surface area contributed by atoms with Gasteiger partial charge in [0, 0.05) is 5.69 Å². The van der Waals surface area contributed by atoms with Gasteiger partial charge in [0.15, 0.2) is 6.61 Å². The molecule has 0 radical (unpaired) electrons. The molecule has 0 aliphatic rings. The van der Waals surface area contributed by atoms with Crippen LogP contribution < -0.4 is 14.8 Å².